The van der Waals surface area contributed by atoms with Crippen LogP contribution in [0.25, 0.3) is 0 Å². The molecule has 6 nitrogen and oxygen atoms in total. The Morgan fingerprint density at radius 2 is 1.60 bits per heavy atom. The standard InChI is InChI=1S/C18H19FN2O4/c1-24-14-6-8-15(9-7-14)25-11-10-20-17(22)18(23)21-12-13-4-2-3-5-16(13)19/h2-9H,10-12H2,1H3,(H,20,22)(H,21,23). The molecule has 25 heavy (non-hydrogen) atoms. The summed E-state index contributed by atoms with van der Waals surface area (Å²) in [5, 5.41) is 4.80. The van der Waals surface area contributed by atoms with Crippen LogP contribution in [-0.2, 0) is 16.1 Å². The van der Waals surface area contributed by atoms with Gasteiger partial charge < -0.3 is 20.1 Å². The minimum Gasteiger partial charge on any atom is -0.497 e. The Balaban J connectivity index is 1.67. The summed E-state index contributed by atoms with van der Waals surface area (Å²) in [6.07, 6.45) is 0. The molecule has 7 heteroatoms. The van der Waals surface area contributed by atoms with E-state index < -0.39 is 17.6 Å². The highest BCUT2D eigenvalue weighted by Gasteiger charge is 2.13. The van der Waals surface area contributed by atoms with Gasteiger partial charge in [0.2, 0.25) is 0 Å². The summed E-state index contributed by atoms with van der Waals surface area (Å²) < 4.78 is 23.9. The molecule has 2 N–H and O–H groups in total. The summed E-state index contributed by atoms with van der Waals surface area (Å²) in [4.78, 5) is 23.3. The molecule has 132 valence electrons. The van der Waals surface area contributed by atoms with E-state index in [1.165, 1.54) is 12.1 Å². The van der Waals surface area contributed by atoms with Crippen LogP contribution in [0.4, 0.5) is 4.39 Å². The summed E-state index contributed by atoms with van der Waals surface area (Å²) in [7, 11) is 1.57. The summed E-state index contributed by atoms with van der Waals surface area (Å²) in [6, 6.07) is 13.0. The third kappa shape index (κ3) is 5.80. The van der Waals surface area contributed by atoms with Crippen LogP contribution < -0.4 is 20.1 Å². The van der Waals surface area contributed by atoms with Crippen molar-refractivity contribution in [2.24, 2.45) is 0 Å². The Hall–Kier alpha value is -3.09. The van der Waals surface area contributed by atoms with Crippen molar-refractivity contribution >= 4 is 11.8 Å². The van der Waals surface area contributed by atoms with E-state index in [-0.39, 0.29) is 19.7 Å². The van der Waals surface area contributed by atoms with Crippen LogP contribution in [0.3, 0.4) is 0 Å². The molecule has 0 heterocycles. The number of rotatable bonds is 7. The fraction of sp³-hybridized carbons (Fsp3) is 0.222. The number of benzene rings is 2. The second-order valence-corrected chi connectivity index (χ2v) is 5.05. The number of hydrogen-bond acceptors (Lipinski definition) is 4. The molecule has 0 saturated carbocycles. The van der Waals surface area contributed by atoms with Gasteiger partial charge in [-0.15, -0.1) is 0 Å². The van der Waals surface area contributed by atoms with Crippen LogP contribution in [0.5, 0.6) is 11.5 Å². The Labute approximate surface area is 144 Å². The van der Waals surface area contributed by atoms with Crippen LogP contribution in [0.15, 0.2) is 48.5 Å². The van der Waals surface area contributed by atoms with E-state index in [1.807, 2.05) is 0 Å². The van der Waals surface area contributed by atoms with Gasteiger partial charge in [0.15, 0.2) is 0 Å². The number of amides is 2. The van der Waals surface area contributed by atoms with Gasteiger partial charge in [-0.1, -0.05) is 18.2 Å². The number of halogens is 1. The SMILES string of the molecule is COc1ccc(OCCNC(=O)C(=O)NCc2ccccc2F)cc1. The summed E-state index contributed by atoms with van der Waals surface area (Å²) in [6.45, 7) is 0.317. The molecular weight excluding hydrogens is 327 g/mol. The fourth-order valence-corrected chi connectivity index (χ4v) is 1.98. The highest BCUT2D eigenvalue weighted by atomic mass is 19.1. The molecule has 0 bridgehead atoms. The average Bonchev–Trinajstić information content (AvgIpc) is 2.64. The zero-order chi connectivity index (χ0) is 18.1. The predicted molar refractivity (Wildman–Crippen MR) is 89.7 cm³/mol. The van der Waals surface area contributed by atoms with Crippen LogP contribution in [0.2, 0.25) is 0 Å². The molecule has 0 aliphatic rings. The number of ether oxygens (including phenoxy) is 2. The molecule has 0 aromatic heterocycles. The van der Waals surface area contributed by atoms with Gasteiger partial charge in [-0.25, -0.2) is 4.39 Å². The molecule has 2 amide bonds. The van der Waals surface area contributed by atoms with Gasteiger partial charge in [0.25, 0.3) is 0 Å². The highest BCUT2D eigenvalue weighted by molar-refractivity contribution is 6.35. The summed E-state index contributed by atoms with van der Waals surface area (Å²) in [5.41, 5.74) is 0.312. The molecule has 0 fully saturated rings. The molecule has 0 spiro atoms. The maximum absolute atomic E-state index is 13.4. The largest absolute Gasteiger partial charge is 0.497 e. The first kappa shape index (κ1) is 18.3. The van der Waals surface area contributed by atoms with Crippen LogP contribution in [-0.4, -0.2) is 32.1 Å². The number of nitrogens with one attached hydrogen (secondary N) is 2. The summed E-state index contributed by atoms with van der Waals surface area (Å²) >= 11 is 0. The topological polar surface area (TPSA) is 76.7 Å². The van der Waals surface area contributed by atoms with Crippen molar-refractivity contribution in [1.29, 1.82) is 0 Å². The molecule has 2 rings (SSSR count). The Bertz CT molecular complexity index is 719. The van der Waals surface area contributed by atoms with Crippen LogP contribution >= 0.6 is 0 Å². The molecule has 0 atom stereocenters. The van der Waals surface area contributed by atoms with Crippen molar-refractivity contribution in [3.63, 3.8) is 0 Å². The lowest BCUT2D eigenvalue weighted by molar-refractivity contribution is -0.139. The van der Waals surface area contributed by atoms with Gasteiger partial charge in [-0.05, 0) is 30.3 Å². The van der Waals surface area contributed by atoms with Crippen LogP contribution in [0, 0.1) is 5.82 Å². The molecule has 2 aromatic carbocycles. The Morgan fingerprint density at radius 1 is 0.960 bits per heavy atom. The fourth-order valence-electron chi connectivity index (χ4n) is 1.98. The van der Waals surface area contributed by atoms with Gasteiger partial charge in [-0.3, -0.25) is 9.59 Å². The second-order valence-electron chi connectivity index (χ2n) is 5.05. The lowest BCUT2D eigenvalue weighted by atomic mass is 10.2. The molecular formula is C18H19FN2O4. The first-order valence-corrected chi connectivity index (χ1v) is 7.66. The Morgan fingerprint density at radius 3 is 2.28 bits per heavy atom. The van der Waals surface area contributed by atoms with Gasteiger partial charge in [-0.2, -0.15) is 0 Å². The lowest BCUT2D eigenvalue weighted by Gasteiger charge is -2.09. The van der Waals surface area contributed by atoms with E-state index in [0.717, 1.165) is 0 Å². The first-order valence-electron chi connectivity index (χ1n) is 7.66. The molecule has 0 radical (unpaired) electrons. The molecule has 0 unspecified atom stereocenters. The third-order valence-corrected chi connectivity index (χ3v) is 3.32. The quantitative estimate of drug-likeness (QED) is 0.590. The van der Waals surface area contributed by atoms with Crippen molar-refractivity contribution in [2.75, 3.05) is 20.3 Å². The van der Waals surface area contributed by atoms with Gasteiger partial charge >= 0.3 is 11.8 Å². The van der Waals surface area contributed by atoms with Crippen molar-refractivity contribution in [3.05, 3.63) is 59.9 Å². The minimum atomic E-state index is -0.826. The van der Waals surface area contributed by atoms with E-state index >= 15 is 0 Å². The maximum atomic E-state index is 13.4. The van der Waals surface area contributed by atoms with E-state index in [9.17, 15) is 14.0 Å². The number of carbonyl (C=O) groups excluding carboxylic acids is 2. The molecule has 2 aromatic rings. The molecule has 0 saturated heterocycles. The smallest absolute Gasteiger partial charge is 0.309 e. The zero-order valence-corrected chi connectivity index (χ0v) is 13.8. The van der Waals surface area contributed by atoms with E-state index in [4.69, 9.17) is 9.47 Å². The number of hydrogen-bond donors (Lipinski definition) is 2. The number of carbonyl (C=O) groups is 2. The van der Waals surface area contributed by atoms with Gasteiger partial charge in [0, 0.05) is 12.1 Å². The number of methoxy groups -OCH3 is 1. The lowest BCUT2D eigenvalue weighted by Crippen LogP contribution is -2.41. The van der Waals surface area contributed by atoms with Gasteiger partial charge in [0.1, 0.15) is 23.9 Å². The third-order valence-electron chi connectivity index (χ3n) is 3.32. The van der Waals surface area contributed by atoms with Crippen molar-refractivity contribution in [3.8, 4) is 11.5 Å². The average molecular weight is 346 g/mol. The van der Waals surface area contributed by atoms with Gasteiger partial charge in [0.05, 0.1) is 13.7 Å². The van der Waals surface area contributed by atoms with Crippen molar-refractivity contribution < 1.29 is 23.5 Å². The monoisotopic (exact) mass is 346 g/mol. The van der Waals surface area contributed by atoms with E-state index in [2.05, 4.69) is 10.6 Å². The van der Waals surface area contributed by atoms with E-state index in [0.29, 0.717) is 17.1 Å². The Kier molecular flexibility index (Phi) is 6.76. The molecule has 0 aliphatic heterocycles. The van der Waals surface area contributed by atoms with Crippen LogP contribution in [0.1, 0.15) is 5.56 Å². The van der Waals surface area contributed by atoms with E-state index in [1.54, 1.807) is 43.5 Å². The first-order chi connectivity index (χ1) is 12.1. The van der Waals surface area contributed by atoms with Crippen molar-refractivity contribution in [2.45, 2.75) is 6.54 Å². The predicted octanol–water partition coefficient (Wildman–Crippen LogP) is 1.65. The summed E-state index contributed by atoms with van der Waals surface area (Å²) in [5.74, 6) is -0.718. The highest BCUT2D eigenvalue weighted by Crippen LogP contribution is 2.16. The van der Waals surface area contributed by atoms with Crippen molar-refractivity contribution in [1.82, 2.24) is 10.6 Å². The molecule has 0 aliphatic carbocycles. The maximum Gasteiger partial charge on any atom is 0.309 e. The second kappa shape index (κ2) is 9.27. The normalized spacial score (nSPS) is 10.0. The minimum absolute atomic E-state index is 0.0543. The zero-order valence-electron chi connectivity index (χ0n) is 13.8.